The zero-order valence-electron chi connectivity index (χ0n) is 19.4. The first-order chi connectivity index (χ1) is 15.6. The molecule has 1 aromatic carbocycles. The van der Waals surface area contributed by atoms with Crippen LogP contribution in [0.15, 0.2) is 30.3 Å². The number of ether oxygens (including phenoxy) is 1. The second-order valence-electron chi connectivity index (χ2n) is 8.51. The van der Waals surface area contributed by atoms with Crippen LogP contribution in [0.2, 0.25) is 5.02 Å². The van der Waals surface area contributed by atoms with Crippen LogP contribution >= 0.6 is 34.3 Å². The van der Waals surface area contributed by atoms with Crippen molar-refractivity contribution in [3.05, 3.63) is 50.7 Å². The summed E-state index contributed by atoms with van der Waals surface area (Å²) in [4.78, 5) is 14.6. The normalized spacial score (nSPS) is 11.3. The summed E-state index contributed by atoms with van der Waals surface area (Å²) in [6.45, 7) is 4.48. The Hall–Kier alpha value is -1.36. The quantitative estimate of drug-likeness (QED) is 0.128. The van der Waals surface area contributed by atoms with Gasteiger partial charge in [0.1, 0.15) is 10.6 Å². The van der Waals surface area contributed by atoms with Gasteiger partial charge in [0.15, 0.2) is 0 Å². The van der Waals surface area contributed by atoms with Gasteiger partial charge in [-0.1, -0.05) is 88.9 Å². The van der Waals surface area contributed by atoms with Crippen molar-refractivity contribution in [2.75, 3.05) is 0 Å². The van der Waals surface area contributed by atoms with Crippen molar-refractivity contribution in [3.8, 4) is 5.75 Å². The topological polar surface area (TPSA) is 26.3 Å². The summed E-state index contributed by atoms with van der Waals surface area (Å²) in [5.41, 5.74) is 1.29. The second-order valence-corrected chi connectivity index (χ2v) is 11.1. The molecular weight excluding hydrogens is 456 g/mol. The van der Waals surface area contributed by atoms with Crippen LogP contribution in [0.25, 0.3) is 9.40 Å². The fourth-order valence-corrected chi connectivity index (χ4v) is 6.70. The van der Waals surface area contributed by atoms with E-state index >= 15 is 0 Å². The largest absolute Gasteiger partial charge is 0.422 e. The fourth-order valence-electron chi connectivity index (χ4n) is 3.88. The van der Waals surface area contributed by atoms with Crippen LogP contribution in [0, 0.1) is 0 Å². The Labute approximate surface area is 206 Å². The summed E-state index contributed by atoms with van der Waals surface area (Å²) in [6, 6.07) is 10.1. The lowest BCUT2D eigenvalue weighted by atomic mass is 10.1. The molecule has 0 saturated heterocycles. The van der Waals surface area contributed by atoms with Crippen molar-refractivity contribution in [3.63, 3.8) is 0 Å². The third-order valence-corrected chi connectivity index (χ3v) is 8.84. The molecule has 0 unspecified atom stereocenters. The van der Waals surface area contributed by atoms with Crippen molar-refractivity contribution in [1.29, 1.82) is 0 Å². The molecule has 0 radical (unpaired) electrons. The van der Waals surface area contributed by atoms with E-state index in [2.05, 4.69) is 32.0 Å². The lowest BCUT2D eigenvalue weighted by Gasteiger charge is -2.05. The molecule has 0 spiro atoms. The van der Waals surface area contributed by atoms with E-state index in [1.54, 1.807) is 11.3 Å². The van der Waals surface area contributed by atoms with Gasteiger partial charge in [0, 0.05) is 9.58 Å². The number of carbonyl (C=O) groups is 1. The van der Waals surface area contributed by atoms with Crippen molar-refractivity contribution in [2.45, 2.75) is 90.9 Å². The number of benzene rings is 1. The number of unbranched alkanes of at least 4 members (excludes halogenated alkanes) is 8. The van der Waals surface area contributed by atoms with E-state index in [9.17, 15) is 4.79 Å². The van der Waals surface area contributed by atoms with E-state index in [4.69, 9.17) is 16.3 Å². The van der Waals surface area contributed by atoms with Crippen molar-refractivity contribution in [2.24, 2.45) is 0 Å². The maximum absolute atomic E-state index is 12.7. The molecule has 0 amide bonds. The highest BCUT2D eigenvalue weighted by atomic mass is 35.5. The monoisotopic (exact) mass is 490 g/mol. The zero-order chi connectivity index (χ0) is 22.8. The van der Waals surface area contributed by atoms with Gasteiger partial charge in [-0.25, -0.2) is 4.79 Å². The first-order valence-electron chi connectivity index (χ1n) is 12.1. The van der Waals surface area contributed by atoms with Crippen LogP contribution in [0.3, 0.4) is 0 Å². The highest BCUT2D eigenvalue weighted by Gasteiger charge is 2.21. The first-order valence-corrected chi connectivity index (χ1v) is 14.1. The SMILES string of the molecule is CCCCCCCc1ccc(OC(=O)c2sc3cc(CCCCCCC)sc3c2Cl)cc1. The van der Waals surface area contributed by atoms with E-state index in [1.807, 2.05) is 12.1 Å². The molecule has 174 valence electrons. The highest BCUT2D eigenvalue weighted by Crippen LogP contribution is 2.41. The molecule has 2 aromatic heterocycles. The van der Waals surface area contributed by atoms with E-state index in [0.717, 1.165) is 22.2 Å². The minimum absolute atomic E-state index is 0.364. The summed E-state index contributed by atoms with van der Waals surface area (Å²) in [5, 5.41) is 0.543. The molecule has 32 heavy (non-hydrogen) atoms. The van der Waals surface area contributed by atoms with Gasteiger partial charge in [0.25, 0.3) is 0 Å². The van der Waals surface area contributed by atoms with Gasteiger partial charge in [-0.15, -0.1) is 22.7 Å². The minimum Gasteiger partial charge on any atom is -0.422 e. The number of hydrogen-bond acceptors (Lipinski definition) is 4. The van der Waals surface area contributed by atoms with E-state index in [-0.39, 0.29) is 5.97 Å². The maximum atomic E-state index is 12.7. The van der Waals surface area contributed by atoms with Gasteiger partial charge >= 0.3 is 5.97 Å². The maximum Gasteiger partial charge on any atom is 0.355 e. The Morgan fingerprint density at radius 3 is 2.09 bits per heavy atom. The Bertz CT molecular complexity index is 972. The molecule has 0 saturated carbocycles. The number of rotatable bonds is 14. The molecule has 0 N–H and O–H groups in total. The molecule has 2 heterocycles. The highest BCUT2D eigenvalue weighted by molar-refractivity contribution is 7.29. The molecule has 2 nitrogen and oxygen atoms in total. The molecule has 0 fully saturated rings. The van der Waals surface area contributed by atoms with Gasteiger partial charge < -0.3 is 4.74 Å². The average molecular weight is 491 g/mol. The number of carbonyl (C=O) groups excluding carboxylic acids is 1. The number of halogens is 1. The Balaban J connectivity index is 1.52. The molecule has 5 heteroatoms. The number of aryl methyl sites for hydroxylation is 2. The standard InChI is InChI=1S/C27H35ClO2S2/c1-3-5-7-9-11-13-20-15-17-21(18-16-20)30-27(29)26-24(28)25-23(32-26)19-22(31-25)14-12-10-8-6-4-2/h15-19H,3-14H2,1-2H3. The summed E-state index contributed by atoms with van der Waals surface area (Å²) in [7, 11) is 0. The Kier molecular flexibility index (Phi) is 10.6. The van der Waals surface area contributed by atoms with E-state index in [0.29, 0.717) is 15.6 Å². The lowest BCUT2D eigenvalue weighted by Crippen LogP contribution is -2.07. The number of hydrogen-bond donors (Lipinski definition) is 0. The first kappa shape index (κ1) is 25.3. The molecule has 0 aliphatic heterocycles. The van der Waals surface area contributed by atoms with Gasteiger partial charge in [0.05, 0.1) is 9.72 Å². The summed E-state index contributed by atoms with van der Waals surface area (Å²) in [5.74, 6) is 0.210. The molecule has 0 aliphatic carbocycles. The van der Waals surface area contributed by atoms with Gasteiger partial charge in [-0.05, 0) is 49.4 Å². The summed E-state index contributed by atoms with van der Waals surface area (Å²) < 4.78 is 7.73. The third-order valence-electron chi connectivity index (χ3n) is 5.77. The summed E-state index contributed by atoms with van der Waals surface area (Å²) in [6.07, 6.45) is 15.0. The van der Waals surface area contributed by atoms with Crippen LogP contribution in [-0.2, 0) is 12.8 Å². The van der Waals surface area contributed by atoms with Crippen LogP contribution < -0.4 is 4.74 Å². The van der Waals surface area contributed by atoms with Crippen LogP contribution in [0.4, 0.5) is 0 Å². The Morgan fingerprint density at radius 1 is 0.844 bits per heavy atom. The molecule has 3 aromatic rings. The fraction of sp³-hybridized carbons (Fsp3) is 0.519. The Morgan fingerprint density at radius 2 is 1.47 bits per heavy atom. The minimum atomic E-state index is -0.364. The average Bonchev–Trinajstić information content (AvgIpc) is 3.33. The smallest absolute Gasteiger partial charge is 0.355 e. The van der Waals surface area contributed by atoms with Crippen LogP contribution in [0.1, 0.15) is 98.2 Å². The number of fused-ring (bicyclic) bond motifs is 1. The van der Waals surface area contributed by atoms with Crippen LogP contribution in [-0.4, -0.2) is 5.97 Å². The number of thiophene rings is 2. The van der Waals surface area contributed by atoms with E-state index in [1.165, 1.54) is 86.0 Å². The molecular formula is C27H35ClO2S2. The van der Waals surface area contributed by atoms with Crippen molar-refractivity contribution in [1.82, 2.24) is 0 Å². The molecule has 0 bridgehead atoms. The second kappa shape index (κ2) is 13.4. The molecule has 0 aliphatic rings. The molecule has 3 rings (SSSR count). The number of esters is 1. The third kappa shape index (κ3) is 7.33. The van der Waals surface area contributed by atoms with Crippen LogP contribution in [0.5, 0.6) is 5.75 Å². The predicted molar refractivity (Wildman–Crippen MR) is 141 cm³/mol. The predicted octanol–water partition coefficient (Wildman–Crippen LogP) is 9.86. The molecule has 0 atom stereocenters. The summed E-state index contributed by atoms with van der Waals surface area (Å²) >= 11 is 9.73. The lowest BCUT2D eigenvalue weighted by molar-refractivity contribution is 0.0740. The van der Waals surface area contributed by atoms with Gasteiger partial charge in [-0.3, -0.25) is 0 Å². The van der Waals surface area contributed by atoms with Crippen molar-refractivity contribution >= 4 is 49.6 Å². The zero-order valence-corrected chi connectivity index (χ0v) is 21.8. The van der Waals surface area contributed by atoms with Crippen molar-refractivity contribution < 1.29 is 9.53 Å². The van der Waals surface area contributed by atoms with E-state index < -0.39 is 0 Å². The van der Waals surface area contributed by atoms with Gasteiger partial charge in [-0.2, -0.15) is 0 Å². The van der Waals surface area contributed by atoms with Gasteiger partial charge in [0.2, 0.25) is 0 Å².